The molecule has 0 spiro atoms. The van der Waals surface area contributed by atoms with E-state index in [1.165, 1.54) is 0 Å². The second-order valence-electron chi connectivity index (χ2n) is 9.53. The standard InChI is InChI=1S/C20H38O3/c1-15(2)14-20(11,17(3,4)5)16(21)23-19(9,10)12-13-22-18(6,7)8/h14H,12-13H2,1-11H3. The monoisotopic (exact) mass is 326 g/mol. The van der Waals surface area contributed by atoms with E-state index < -0.39 is 11.0 Å². The molecule has 0 amide bonds. The van der Waals surface area contributed by atoms with Crippen molar-refractivity contribution < 1.29 is 14.3 Å². The van der Waals surface area contributed by atoms with Crippen LogP contribution in [0, 0.1) is 10.8 Å². The number of rotatable bonds is 6. The second kappa shape index (κ2) is 7.38. The SMILES string of the molecule is CC(C)=CC(C)(C(=O)OC(C)(C)CCOC(C)(C)C)C(C)(C)C. The van der Waals surface area contributed by atoms with Gasteiger partial charge in [-0.15, -0.1) is 0 Å². The molecule has 0 rings (SSSR count). The first-order chi connectivity index (χ1) is 10.0. The van der Waals surface area contributed by atoms with Gasteiger partial charge in [-0.3, -0.25) is 4.79 Å². The summed E-state index contributed by atoms with van der Waals surface area (Å²) in [5.41, 5.74) is -0.493. The highest BCUT2D eigenvalue weighted by Crippen LogP contribution is 2.42. The van der Waals surface area contributed by atoms with Crippen molar-refractivity contribution in [2.75, 3.05) is 6.61 Å². The van der Waals surface area contributed by atoms with Crippen molar-refractivity contribution in [1.29, 1.82) is 0 Å². The van der Waals surface area contributed by atoms with E-state index in [1.54, 1.807) is 0 Å². The van der Waals surface area contributed by atoms with Crippen molar-refractivity contribution in [3.63, 3.8) is 0 Å². The molecule has 0 aromatic carbocycles. The van der Waals surface area contributed by atoms with Crippen LogP contribution in [0.4, 0.5) is 0 Å². The molecule has 0 saturated carbocycles. The van der Waals surface area contributed by atoms with Crippen molar-refractivity contribution in [1.82, 2.24) is 0 Å². The predicted molar refractivity (Wildman–Crippen MR) is 97.5 cm³/mol. The Balaban J connectivity index is 5.09. The lowest BCUT2D eigenvalue weighted by atomic mass is 9.67. The van der Waals surface area contributed by atoms with Gasteiger partial charge in [-0.05, 0) is 60.8 Å². The van der Waals surface area contributed by atoms with Gasteiger partial charge >= 0.3 is 5.97 Å². The average molecular weight is 327 g/mol. The quantitative estimate of drug-likeness (QED) is 0.475. The summed E-state index contributed by atoms with van der Waals surface area (Å²) in [7, 11) is 0. The summed E-state index contributed by atoms with van der Waals surface area (Å²) in [4.78, 5) is 12.9. The largest absolute Gasteiger partial charge is 0.459 e. The summed E-state index contributed by atoms with van der Waals surface area (Å²) in [6.45, 7) is 22.7. The van der Waals surface area contributed by atoms with Crippen LogP contribution in [0.1, 0.15) is 82.6 Å². The van der Waals surface area contributed by atoms with Crippen LogP contribution < -0.4 is 0 Å². The van der Waals surface area contributed by atoms with Crippen molar-refractivity contribution in [3.8, 4) is 0 Å². The van der Waals surface area contributed by atoms with E-state index in [9.17, 15) is 4.79 Å². The van der Waals surface area contributed by atoms with Gasteiger partial charge in [-0.25, -0.2) is 0 Å². The summed E-state index contributed by atoms with van der Waals surface area (Å²) in [5.74, 6) is -0.174. The molecule has 0 aromatic rings. The predicted octanol–water partition coefficient (Wildman–Crippen LogP) is 5.53. The van der Waals surface area contributed by atoms with Gasteiger partial charge in [0.15, 0.2) is 0 Å². The summed E-state index contributed by atoms with van der Waals surface area (Å²) >= 11 is 0. The lowest BCUT2D eigenvalue weighted by Gasteiger charge is -2.40. The minimum Gasteiger partial charge on any atom is -0.459 e. The fraction of sp³-hybridized carbons (Fsp3) is 0.850. The molecule has 0 aliphatic rings. The number of hydrogen-bond acceptors (Lipinski definition) is 3. The van der Waals surface area contributed by atoms with Crippen molar-refractivity contribution in [3.05, 3.63) is 11.6 Å². The van der Waals surface area contributed by atoms with Gasteiger partial charge in [0.1, 0.15) is 5.60 Å². The maximum absolute atomic E-state index is 12.9. The molecule has 0 aliphatic carbocycles. The van der Waals surface area contributed by atoms with Gasteiger partial charge in [-0.1, -0.05) is 32.4 Å². The van der Waals surface area contributed by atoms with Gasteiger partial charge in [0, 0.05) is 6.42 Å². The summed E-state index contributed by atoms with van der Waals surface area (Å²) in [5, 5.41) is 0. The molecular weight excluding hydrogens is 288 g/mol. The van der Waals surface area contributed by atoms with Gasteiger partial charge in [0.25, 0.3) is 0 Å². The zero-order valence-corrected chi connectivity index (χ0v) is 17.2. The maximum atomic E-state index is 12.9. The Kier molecular flexibility index (Phi) is 7.11. The molecular formula is C20H38O3. The Morgan fingerprint density at radius 1 is 0.913 bits per heavy atom. The van der Waals surface area contributed by atoms with Crippen LogP contribution in [0.15, 0.2) is 11.6 Å². The van der Waals surface area contributed by atoms with E-state index in [2.05, 4.69) is 20.8 Å². The number of ether oxygens (including phenoxy) is 2. The lowest BCUT2D eigenvalue weighted by molar-refractivity contribution is -0.173. The molecule has 1 unspecified atom stereocenters. The normalized spacial score (nSPS) is 15.8. The van der Waals surface area contributed by atoms with E-state index in [4.69, 9.17) is 9.47 Å². The van der Waals surface area contributed by atoms with Crippen LogP contribution >= 0.6 is 0 Å². The smallest absolute Gasteiger partial charge is 0.316 e. The van der Waals surface area contributed by atoms with Gasteiger partial charge in [0.2, 0.25) is 0 Å². The highest BCUT2D eigenvalue weighted by atomic mass is 16.6. The van der Waals surface area contributed by atoms with Crippen molar-refractivity contribution in [2.45, 2.75) is 93.8 Å². The molecule has 0 aliphatic heterocycles. The van der Waals surface area contributed by atoms with E-state index in [-0.39, 0.29) is 17.0 Å². The van der Waals surface area contributed by atoms with Crippen molar-refractivity contribution >= 4 is 5.97 Å². The average Bonchev–Trinajstić information content (AvgIpc) is 2.22. The van der Waals surface area contributed by atoms with Gasteiger partial charge in [0.05, 0.1) is 17.6 Å². The molecule has 0 radical (unpaired) electrons. The molecule has 23 heavy (non-hydrogen) atoms. The molecule has 0 aromatic heterocycles. The first-order valence-corrected chi connectivity index (χ1v) is 8.54. The van der Waals surface area contributed by atoms with Crippen LogP contribution in [0.25, 0.3) is 0 Å². The molecule has 0 bridgehead atoms. The molecule has 0 heterocycles. The number of carbonyl (C=O) groups excluding carboxylic acids is 1. The zero-order chi connectivity index (χ0) is 18.7. The Morgan fingerprint density at radius 3 is 1.74 bits per heavy atom. The third-order valence-corrected chi connectivity index (χ3v) is 4.17. The first-order valence-electron chi connectivity index (χ1n) is 8.54. The van der Waals surface area contributed by atoms with E-state index in [0.29, 0.717) is 13.0 Å². The lowest BCUT2D eigenvalue weighted by Crippen LogP contribution is -2.44. The van der Waals surface area contributed by atoms with Gasteiger partial charge < -0.3 is 9.47 Å². The molecule has 1 atom stereocenters. The summed E-state index contributed by atoms with van der Waals surface area (Å²) in [6, 6.07) is 0. The fourth-order valence-corrected chi connectivity index (χ4v) is 2.17. The highest BCUT2D eigenvalue weighted by molar-refractivity contribution is 5.80. The summed E-state index contributed by atoms with van der Waals surface area (Å²) in [6.07, 6.45) is 2.70. The number of hydrogen-bond donors (Lipinski definition) is 0. The second-order valence-corrected chi connectivity index (χ2v) is 9.53. The number of carbonyl (C=O) groups is 1. The molecule has 0 fully saturated rings. The minimum absolute atomic E-state index is 0.174. The molecule has 136 valence electrons. The Morgan fingerprint density at radius 2 is 1.39 bits per heavy atom. The fourth-order valence-electron chi connectivity index (χ4n) is 2.17. The first kappa shape index (κ1) is 22.2. The van der Waals surface area contributed by atoms with E-state index in [0.717, 1.165) is 5.57 Å². The topological polar surface area (TPSA) is 35.5 Å². The van der Waals surface area contributed by atoms with Crippen LogP contribution in [0.2, 0.25) is 0 Å². The van der Waals surface area contributed by atoms with Gasteiger partial charge in [-0.2, -0.15) is 0 Å². The Bertz CT molecular complexity index is 429. The molecule has 3 heteroatoms. The maximum Gasteiger partial charge on any atom is 0.316 e. The highest BCUT2D eigenvalue weighted by Gasteiger charge is 2.45. The third-order valence-electron chi connectivity index (χ3n) is 4.17. The van der Waals surface area contributed by atoms with Crippen LogP contribution in [-0.2, 0) is 14.3 Å². The molecule has 0 saturated heterocycles. The minimum atomic E-state index is -0.659. The van der Waals surface area contributed by atoms with E-state index in [1.807, 2.05) is 61.5 Å². The summed E-state index contributed by atoms with van der Waals surface area (Å²) < 4.78 is 11.6. The molecule has 0 N–H and O–H groups in total. The number of allylic oxidation sites excluding steroid dienone is 1. The van der Waals surface area contributed by atoms with E-state index >= 15 is 0 Å². The third kappa shape index (κ3) is 7.52. The Hall–Kier alpha value is -0.830. The molecule has 3 nitrogen and oxygen atoms in total. The van der Waals surface area contributed by atoms with Crippen LogP contribution in [0.5, 0.6) is 0 Å². The van der Waals surface area contributed by atoms with Crippen LogP contribution in [-0.4, -0.2) is 23.8 Å². The van der Waals surface area contributed by atoms with Crippen molar-refractivity contribution in [2.24, 2.45) is 10.8 Å². The zero-order valence-electron chi connectivity index (χ0n) is 17.2. The van der Waals surface area contributed by atoms with Crippen LogP contribution in [0.3, 0.4) is 0 Å². The Labute approximate surface area is 143 Å². The number of esters is 1.